The molecule has 1 aromatic heterocycles. The number of anilines is 2. The van der Waals surface area contributed by atoms with Gasteiger partial charge in [-0.15, -0.1) is 5.10 Å². The summed E-state index contributed by atoms with van der Waals surface area (Å²) in [6, 6.07) is 8.53. The number of aliphatic hydroxyl groups excluding tert-OH is 1. The molecule has 2 N–H and O–H groups in total. The summed E-state index contributed by atoms with van der Waals surface area (Å²) in [5, 5.41) is 20.2. The smallest absolute Gasteiger partial charge is 0.102 e. The van der Waals surface area contributed by atoms with Crippen LogP contribution in [0.2, 0.25) is 0 Å². The molecule has 1 aliphatic heterocycles. The van der Waals surface area contributed by atoms with E-state index in [0.717, 1.165) is 11.4 Å². The molecule has 2 aromatic rings. The highest BCUT2D eigenvalue weighted by Crippen LogP contribution is 2.22. The highest BCUT2D eigenvalue weighted by Gasteiger charge is 2.11. The van der Waals surface area contributed by atoms with Gasteiger partial charge in [-0.2, -0.15) is 0 Å². The van der Waals surface area contributed by atoms with Gasteiger partial charge >= 0.3 is 0 Å². The lowest BCUT2D eigenvalue weighted by molar-refractivity contribution is 0.268. The number of aromatic nitrogens is 3. The number of benzene rings is 1. The largest absolute Gasteiger partial charge is 0.394 e. The van der Waals surface area contributed by atoms with Crippen molar-refractivity contribution < 1.29 is 5.11 Å². The van der Waals surface area contributed by atoms with Gasteiger partial charge in [0.25, 0.3) is 0 Å². The van der Waals surface area contributed by atoms with Crippen molar-refractivity contribution in [1.29, 1.82) is 0 Å². The fraction of sp³-hybridized carbons (Fsp3) is 0.467. The Bertz CT molecular complexity index is 560. The van der Waals surface area contributed by atoms with Crippen LogP contribution in [0.25, 0.3) is 0 Å². The van der Waals surface area contributed by atoms with E-state index in [-0.39, 0.29) is 6.61 Å². The summed E-state index contributed by atoms with van der Waals surface area (Å²) in [6.07, 6.45) is 4.44. The summed E-state index contributed by atoms with van der Waals surface area (Å²) in [5.41, 5.74) is 3.24. The molecule has 0 saturated carbocycles. The van der Waals surface area contributed by atoms with E-state index in [1.807, 2.05) is 6.20 Å². The highest BCUT2D eigenvalue weighted by atomic mass is 16.3. The predicted octanol–water partition coefficient (Wildman–Crippen LogP) is 1.48. The molecule has 1 aliphatic rings. The van der Waals surface area contributed by atoms with Crippen molar-refractivity contribution in [3.63, 3.8) is 0 Å². The van der Waals surface area contributed by atoms with Crippen molar-refractivity contribution in [2.75, 3.05) is 29.9 Å². The van der Waals surface area contributed by atoms with Crippen molar-refractivity contribution in [3.8, 4) is 0 Å². The Morgan fingerprint density at radius 3 is 2.62 bits per heavy atom. The maximum absolute atomic E-state index is 8.84. The Morgan fingerprint density at radius 2 is 1.90 bits per heavy atom. The van der Waals surface area contributed by atoms with E-state index < -0.39 is 0 Å². The van der Waals surface area contributed by atoms with E-state index in [2.05, 4.69) is 44.8 Å². The standard InChI is InChI=1S/C15H21N5O/c21-10-9-20-12-14(17-18-20)11-16-13-3-5-15(6-4-13)19-7-1-2-8-19/h3-6,12,16,21H,1-2,7-11H2. The molecule has 1 saturated heterocycles. The molecule has 112 valence electrons. The molecule has 0 aliphatic carbocycles. The molecule has 6 heteroatoms. The van der Waals surface area contributed by atoms with Crippen LogP contribution in [0.1, 0.15) is 18.5 Å². The Balaban J connectivity index is 1.54. The summed E-state index contributed by atoms with van der Waals surface area (Å²) in [4.78, 5) is 2.42. The van der Waals surface area contributed by atoms with Crippen molar-refractivity contribution in [3.05, 3.63) is 36.2 Å². The molecule has 21 heavy (non-hydrogen) atoms. The molecule has 0 unspecified atom stereocenters. The minimum absolute atomic E-state index is 0.0776. The topological polar surface area (TPSA) is 66.2 Å². The third-order valence-electron chi connectivity index (χ3n) is 3.73. The minimum Gasteiger partial charge on any atom is -0.394 e. The van der Waals surface area contributed by atoms with Gasteiger partial charge in [0.1, 0.15) is 5.69 Å². The minimum atomic E-state index is 0.0776. The van der Waals surface area contributed by atoms with Crippen molar-refractivity contribution in [2.45, 2.75) is 25.9 Å². The number of hydrogen-bond donors (Lipinski definition) is 2. The molecule has 0 bridgehead atoms. The third-order valence-corrected chi connectivity index (χ3v) is 3.73. The van der Waals surface area contributed by atoms with Gasteiger partial charge in [-0.3, -0.25) is 0 Å². The molecular formula is C15H21N5O. The maximum atomic E-state index is 8.84. The zero-order valence-electron chi connectivity index (χ0n) is 12.1. The summed E-state index contributed by atoms with van der Waals surface area (Å²) >= 11 is 0. The first-order chi connectivity index (χ1) is 10.3. The highest BCUT2D eigenvalue weighted by molar-refractivity contribution is 5.55. The molecule has 1 aromatic carbocycles. The zero-order chi connectivity index (χ0) is 14.5. The summed E-state index contributed by atoms with van der Waals surface area (Å²) in [5.74, 6) is 0. The zero-order valence-corrected chi connectivity index (χ0v) is 12.1. The van der Waals surface area contributed by atoms with Gasteiger partial charge in [-0.05, 0) is 37.1 Å². The van der Waals surface area contributed by atoms with Crippen molar-refractivity contribution in [2.24, 2.45) is 0 Å². The fourth-order valence-corrected chi connectivity index (χ4v) is 2.59. The Morgan fingerprint density at radius 1 is 1.14 bits per heavy atom. The van der Waals surface area contributed by atoms with Crippen LogP contribution in [0.4, 0.5) is 11.4 Å². The second kappa shape index (κ2) is 6.58. The van der Waals surface area contributed by atoms with Crippen LogP contribution in [0.3, 0.4) is 0 Å². The van der Waals surface area contributed by atoms with E-state index in [9.17, 15) is 0 Å². The van der Waals surface area contributed by atoms with Gasteiger partial charge in [0, 0.05) is 24.5 Å². The first-order valence-electron chi connectivity index (χ1n) is 7.44. The lowest BCUT2D eigenvalue weighted by Crippen LogP contribution is -2.17. The van der Waals surface area contributed by atoms with Crippen molar-refractivity contribution >= 4 is 11.4 Å². The quantitative estimate of drug-likeness (QED) is 0.842. The van der Waals surface area contributed by atoms with Gasteiger partial charge in [-0.1, -0.05) is 5.21 Å². The van der Waals surface area contributed by atoms with Crippen LogP contribution in [0.15, 0.2) is 30.5 Å². The number of aliphatic hydroxyl groups is 1. The van der Waals surface area contributed by atoms with E-state index in [0.29, 0.717) is 13.1 Å². The normalized spacial score (nSPS) is 14.6. The maximum Gasteiger partial charge on any atom is 0.102 e. The second-order valence-corrected chi connectivity index (χ2v) is 5.29. The van der Waals surface area contributed by atoms with Gasteiger partial charge < -0.3 is 15.3 Å². The Kier molecular flexibility index (Phi) is 4.35. The molecule has 0 radical (unpaired) electrons. The van der Waals surface area contributed by atoms with Gasteiger partial charge in [0.05, 0.1) is 25.9 Å². The summed E-state index contributed by atoms with van der Waals surface area (Å²) in [6.45, 7) is 3.53. The molecule has 0 amide bonds. The van der Waals surface area contributed by atoms with E-state index >= 15 is 0 Å². The average Bonchev–Trinajstić information content (AvgIpc) is 3.18. The third kappa shape index (κ3) is 3.52. The monoisotopic (exact) mass is 287 g/mol. The van der Waals surface area contributed by atoms with Crippen LogP contribution >= 0.6 is 0 Å². The van der Waals surface area contributed by atoms with Gasteiger partial charge in [0.2, 0.25) is 0 Å². The lowest BCUT2D eigenvalue weighted by Gasteiger charge is -2.17. The molecule has 0 spiro atoms. The molecular weight excluding hydrogens is 266 g/mol. The number of rotatable bonds is 6. The number of nitrogens with one attached hydrogen (secondary N) is 1. The first kappa shape index (κ1) is 13.9. The van der Waals surface area contributed by atoms with E-state index in [4.69, 9.17) is 5.11 Å². The molecule has 1 fully saturated rings. The predicted molar refractivity (Wildman–Crippen MR) is 82.3 cm³/mol. The summed E-state index contributed by atoms with van der Waals surface area (Å²) < 4.78 is 1.65. The van der Waals surface area contributed by atoms with Crippen LogP contribution in [0, 0.1) is 0 Å². The van der Waals surface area contributed by atoms with Crippen LogP contribution in [-0.2, 0) is 13.1 Å². The summed E-state index contributed by atoms with van der Waals surface area (Å²) in [7, 11) is 0. The number of nitrogens with zero attached hydrogens (tertiary/aromatic N) is 4. The fourth-order valence-electron chi connectivity index (χ4n) is 2.59. The first-order valence-corrected chi connectivity index (χ1v) is 7.44. The lowest BCUT2D eigenvalue weighted by atomic mass is 10.2. The molecule has 2 heterocycles. The van der Waals surface area contributed by atoms with Crippen LogP contribution < -0.4 is 10.2 Å². The van der Waals surface area contributed by atoms with Crippen LogP contribution in [-0.4, -0.2) is 39.8 Å². The molecule has 3 rings (SSSR count). The van der Waals surface area contributed by atoms with Gasteiger partial charge in [-0.25, -0.2) is 4.68 Å². The SMILES string of the molecule is OCCn1cc(CNc2ccc(N3CCCC3)cc2)nn1. The average molecular weight is 287 g/mol. The second-order valence-electron chi connectivity index (χ2n) is 5.29. The van der Waals surface area contributed by atoms with E-state index in [1.54, 1.807) is 4.68 Å². The van der Waals surface area contributed by atoms with E-state index in [1.165, 1.54) is 31.6 Å². The molecule has 6 nitrogen and oxygen atoms in total. The Hall–Kier alpha value is -2.08. The Labute approximate surface area is 124 Å². The van der Waals surface area contributed by atoms with Crippen LogP contribution in [0.5, 0.6) is 0 Å². The number of hydrogen-bond acceptors (Lipinski definition) is 5. The van der Waals surface area contributed by atoms with Gasteiger partial charge in [0.15, 0.2) is 0 Å². The molecule has 0 atom stereocenters. The van der Waals surface area contributed by atoms with Crippen molar-refractivity contribution in [1.82, 2.24) is 15.0 Å².